The highest BCUT2D eigenvalue weighted by Crippen LogP contribution is 2.21. The van der Waals surface area contributed by atoms with Crippen LogP contribution >= 0.6 is 0 Å². The topological polar surface area (TPSA) is 125 Å². The van der Waals surface area contributed by atoms with E-state index in [2.05, 4.69) is 25.7 Å². The third-order valence-corrected chi connectivity index (χ3v) is 3.79. The smallest absolute Gasteiger partial charge is 0.251 e. The van der Waals surface area contributed by atoms with E-state index in [0.717, 1.165) is 6.42 Å². The first-order valence-corrected chi connectivity index (χ1v) is 8.42. The van der Waals surface area contributed by atoms with Gasteiger partial charge in [-0.1, -0.05) is 18.2 Å². The van der Waals surface area contributed by atoms with E-state index in [4.69, 9.17) is 0 Å². The molecule has 0 atom stereocenters. The highest BCUT2D eigenvalue weighted by molar-refractivity contribution is 5.94. The molecule has 0 saturated carbocycles. The molecular formula is C18H20N6O3. The van der Waals surface area contributed by atoms with Crippen molar-refractivity contribution in [3.8, 4) is 0 Å². The average Bonchev–Trinajstić information content (AvgIpc) is 3.13. The number of nitrogens with zero attached hydrogens (tertiary/aromatic N) is 4. The summed E-state index contributed by atoms with van der Waals surface area (Å²) in [6, 6.07) is 9.06. The van der Waals surface area contributed by atoms with Gasteiger partial charge < -0.3 is 20.8 Å². The molecule has 0 unspecified atom stereocenters. The number of aryl methyl sites for hydroxylation is 1. The Morgan fingerprint density at radius 3 is 2.78 bits per heavy atom. The molecule has 0 radical (unpaired) electrons. The molecule has 0 bridgehead atoms. The second-order valence-corrected chi connectivity index (χ2v) is 5.79. The minimum absolute atomic E-state index is 0.0846. The molecule has 3 rings (SSSR count). The minimum atomic E-state index is -1.70. The summed E-state index contributed by atoms with van der Waals surface area (Å²) in [5.41, 5.74) is 1.78. The van der Waals surface area contributed by atoms with Gasteiger partial charge in [0.05, 0.1) is 23.8 Å². The van der Waals surface area contributed by atoms with E-state index in [0.29, 0.717) is 30.0 Å². The number of aliphatic hydroxyl groups excluding tert-OH is 1. The van der Waals surface area contributed by atoms with Gasteiger partial charge in [0.2, 0.25) is 0 Å². The molecular weight excluding hydrogens is 348 g/mol. The van der Waals surface area contributed by atoms with Crippen LogP contribution in [0.2, 0.25) is 0 Å². The lowest BCUT2D eigenvalue weighted by Crippen LogP contribution is -2.25. The normalized spacial score (nSPS) is 10.8. The number of hydrogen-bond acceptors (Lipinski definition) is 7. The van der Waals surface area contributed by atoms with Crippen molar-refractivity contribution in [3.63, 3.8) is 0 Å². The molecule has 3 aromatic rings. The lowest BCUT2D eigenvalue weighted by Gasteiger charge is -2.09. The zero-order chi connectivity index (χ0) is 19.1. The zero-order valence-corrected chi connectivity index (χ0v) is 14.5. The Bertz CT molecular complexity index is 882. The summed E-state index contributed by atoms with van der Waals surface area (Å²) < 4.78 is 1.73. The molecule has 0 spiro atoms. The van der Waals surface area contributed by atoms with Gasteiger partial charge in [-0.15, -0.1) is 0 Å². The van der Waals surface area contributed by atoms with Gasteiger partial charge in [0.25, 0.3) is 5.91 Å². The minimum Gasteiger partial charge on any atom is -0.363 e. The van der Waals surface area contributed by atoms with Crippen LogP contribution < -0.4 is 10.6 Å². The number of carbonyl (C=O) groups excluding carboxylic acids is 1. The van der Waals surface area contributed by atoms with Crippen LogP contribution in [0.3, 0.4) is 0 Å². The summed E-state index contributed by atoms with van der Waals surface area (Å²) in [5, 5.41) is 28.8. The fourth-order valence-electron chi connectivity index (χ4n) is 2.48. The van der Waals surface area contributed by atoms with Gasteiger partial charge in [-0.25, -0.2) is 9.97 Å². The van der Waals surface area contributed by atoms with Crippen molar-refractivity contribution >= 4 is 17.3 Å². The largest absolute Gasteiger partial charge is 0.363 e. The highest BCUT2D eigenvalue weighted by atomic mass is 16.5. The maximum absolute atomic E-state index is 12.0. The number of carbonyl (C=O) groups is 1. The standard InChI is InChI=1S/C18H20N6O3/c25-17(13-5-2-1-3-6-13)20-7-4-8-24-11-14(9-22-24)23-15-10-19-12-21-16(15)18(26)27/h1-3,5-6,9-12,18,23,26-27H,4,7-8H2,(H,20,25). The van der Waals surface area contributed by atoms with Gasteiger partial charge in [0.1, 0.15) is 12.0 Å². The molecule has 1 aromatic carbocycles. The lowest BCUT2D eigenvalue weighted by atomic mass is 10.2. The number of nitrogens with one attached hydrogen (secondary N) is 2. The fraction of sp³-hybridized carbons (Fsp3) is 0.222. The summed E-state index contributed by atoms with van der Waals surface area (Å²) in [5.74, 6) is -0.0995. The Balaban J connectivity index is 1.48. The van der Waals surface area contributed by atoms with E-state index < -0.39 is 6.29 Å². The first-order chi connectivity index (χ1) is 13.1. The summed E-state index contributed by atoms with van der Waals surface area (Å²) >= 11 is 0. The number of aromatic nitrogens is 4. The average molecular weight is 368 g/mol. The van der Waals surface area contributed by atoms with Crippen molar-refractivity contribution in [2.45, 2.75) is 19.3 Å². The van der Waals surface area contributed by atoms with Crippen LogP contribution in [-0.4, -0.2) is 42.4 Å². The second kappa shape index (κ2) is 8.88. The molecule has 0 aliphatic carbocycles. The van der Waals surface area contributed by atoms with E-state index >= 15 is 0 Å². The monoisotopic (exact) mass is 368 g/mol. The quantitative estimate of drug-likeness (QED) is 0.348. The molecule has 2 aromatic heterocycles. The van der Waals surface area contributed by atoms with E-state index in [-0.39, 0.29) is 11.6 Å². The number of rotatable bonds is 8. The summed E-state index contributed by atoms with van der Waals surface area (Å²) in [6.07, 6.45) is 5.11. The Morgan fingerprint density at radius 2 is 2.00 bits per heavy atom. The van der Waals surface area contributed by atoms with Crippen molar-refractivity contribution < 1.29 is 15.0 Å². The van der Waals surface area contributed by atoms with E-state index in [9.17, 15) is 15.0 Å². The molecule has 0 aliphatic heterocycles. The molecule has 4 N–H and O–H groups in total. The van der Waals surface area contributed by atoms with Crippen molar-refractivity contribution in [2.24, 2.45) is 0 Å². The Kier molecular flexibility index (Phi) is 6.08. The molecule has 0 fully saturated rings. The van der Waals surface area contributed by atoms with Gasteiger partial charge >= 0.3 is 0 Å². The first-order valence-electron chi connectivity index (χ1n) is 8.42. The number of amides is 1. The summed E-state index contributed by atoms with van der Waals surface area (Å²) in [7, 11) is 0. The van der Waals surface area contributed by atoms with Crippen LogP contribution in [0.1, 0.15) is 28.8 Å². The zero-order valence-electron chi connectivity index (χ0n) is 14.5. The Morgan fingerprint density at radius 1 is 1.19 bits per heavy atom. The van der Waals surface area contributed by atoms with Crippen molar-refractivity contribution in [3.05, 3.63) is 66.5 Å². The van der Waals surface area contributed by atoms with Gasteiger partial charge in [-0.05, 0) is 18.6 Å². The van der Waals surface area contributed by atoms with Crippen LogP contribution in [-0.2, 0) is 6.54 Å². The van der Waals surface area contributed by atoms with Crippen molar-refractivity contribution in [2.75, 3.05) is 11.9 Å². The molecule has 0 aliphatic rings. The van der Waals surface area contributed by atoms with Crippen LogP contribution in [0, 0.1) is 0 Å². The molecule has 27 heavy (non-hydrogen) atoms. The number of hydrogen-bond donors (Lipinski definition) is 4. The molecule has 1 amide bonds. The predicted octanol–water partition coefficient (Wildman–Crippen LogP) is 1.22. The predicted molar refractivity (Wildman–Crippen MR) is 98.1 cm³/mol. The maximum atomic E-state index is 12.0. The summed E-state index contributed by atoms with van der Waals surface area (Å²) in [6.45, 7) is 1.15. The first kappa shape index (κ1) is 18.5. The van der Waals surface area contributed by atoms with Crippen LogP contribution in [0.5, 0.6) is 0 Å². The third-order valence-electron chi connectivity index (χ3n) is 3.79. The Hall–Kier alpha value is -3.30. The van der Waals surface area contributed by atoms with Crippen LogP contribution in [0.25, 0.3) is 0 Å². The molecule has 0 saturated heterocycles. The van der Waals surface area contributed by atoms with Crippen LogP contribution in [0.4, 0.5) is 11.4 Å². The summed E-state index contributed by atoms with van der Waals surface area (Å²) in [4.78, 5) is 19.7. The number of benzene rings is 1. The third kappa shape index (κ3) is 5.09. The SMILES string of the molecule is O=C(NCCCn1cc(Nc2cncnc2C(O)O)cn1)c1ccccc1. The Labute approximate surface area is 155 Å². The van der Waals surface area contributed by atoms with Gasteiger partial charge in [-0.3, -0.25) is 9.48 Å². The second-order valence-electron chi connectivity index (χ2n) is 5.79. The fourth-order valence-corrected chi connectivity index (χ4v) is 2.48. The molecule has 2 heterocycles. The molecule has 140 valence electrons. The van der Waals surface area contributed by atoms with Gasteiger partial charge in [0, 0.05) is 24.8 Å². The van der Waals surface area contributed by atoms with Gasteiger partial charge in [0.15, 0.2) is 6.29 Å². The van der Waals surface area contributed by atoms with Crippen LogP contribution in [0.15, 0.2) is 55.2 Å². The maximum Gasteiger partial charge on any atom is 0.251 e. The lowest BCUT2D eigenvalue weighted by molar-refractivity contribution is -0.0452. The molecule has 9 heteroatoms. The van der Waals surface area contributed by atoms with Crippen molar-refractivity contribution in [1.29, 1.82) is 0 Å². The van der Waals surface area contributed by atoms with E-state index in [1.54, 1.807) is 29.2 Å². The van der Waals surface area contributed by atoms with E-state index in [1.165, 1.54) is 12.5 Å². The van der Waals surface area contributed by atoms with E-state index in [1.807, 2.05) is 18.2 Å². The molecule has 9 nitrogen and oxygen atoms in total. The number of anilines is 2. The highest BCUT2D eigenvalue weighted by Gasteiger charge is 2.12. The van der Waals surface area contributed by atoms with Crippen molar-refractivity contribution in [1.82, 2.24) is 25.1 Å². The van der Waals surface area contributed by atoms with Gasteiger partial charge in [-0.2, -0.15) is 5.10 Å². The number of aliphatic hydroxyl groups is 2.